The molecule has 0 aliphatic carbocycles. The molecule has 2 N–H and O–H groups in total. The SMILES string of the molecule is COc1cnc(C(OC)C(C)S(N)(=O)=O)nc1. The Balaban J connectivity index is 3.01. The fourth-order valence-corrected chi connectivity index (χ4v) is 1.84. The number of nitrogens with zero attached hydrogens (tertiary/aromatic N) is 2. The number of sulfonamides is 1. The standard InChI is InChI=1S/C9H15N3O4S/c1-6(17(10,13)14)8(16-3)9-11-4-7(15-2)5-12-9/h4-6,8H,1-3H3,(H2,10,13,14). The summed E-state index contributed by atoms with van der Waals surface area (Å²) >= 11 is 0. The van der Waals surface area contributed by atoms with E-state index in [-0.39, 0.29) is 5.82 Å². The van der Waals surface area contributed by atoms with E-state index in [0.717, 1.165) is 0 Å². The van der Waals surface area contributed by atoms with Crippen molar-refractivity contribution in [2.45, 2.75) is 18.3 Å². The molecule has 7 nitrogen and oxygen atoms in total. The summed E-state index contributed by atoms with van der Waals surface area (Å²) in [4.78, 5) is 7.95. The molecule has 0 aliphatic rings. The second kappa shape index (κ2) is 5.39. The van der Waals surface area contributed by atoms with Gasteiger partial charge in [-0.3, -0.25) is 0 Å². The maximum atomic E-state index is 11.2. The number of rotatable bonds is 5. The number of methoxy groups -OCH3 is 2. The van der Waals surface area contributed by atoms with Gasteiger partial charge in [-0.2, -0.15) is 0 Å². The lowest BCUT2D eigenvalue weighted by atomic mass is 10.2. The zero-order valence-corrected chi connectivity index (χ0v) is 10.6. The summed E-state index contributed by atoms with van der Waals surface area (Å²) in [5.74, 6) is 0.724. The highest BCUT2D eigenvalue weighted by molar-refractivity contribution is 7.89. The van der Waals surface area contributed by atoms with Gasteiger partial charge < -0.3 is 9.47 Å². The summed E-state index contributed by atoms with van der Waals surface area (Å²) in [6.07, 6.45) is 2.06. The molecule has 0 aromatic carbocycles. The van der Waals surface area contributed by atoms with Gasteiger partial charge in [0, 0.05) is 7.11 Å². The van der Waals surface area contributed by atoms with Gasteiger partial charge in [-0.05, 0) is 6.92 Å². The van der Waals surface area contributed by atoms with Gasteiger partial charge in [0.1, 0.15) is 11.4 Å². The molecular formula is C9H15N3O4S. The third-order valence-electron chi connectivity index (χ3n) is 2.34. The topological polar surface area (TPSA) is 104 Å². The van der Waals surface area contributed by atoms with Crippen molar-refractivity contribution in [3.8, 4) is 5.75 Å². The first-order valence-electron chi connectivity index (χ1n) is 4.80. The summed E-state index contributed by atoms with van der Waals surface area (Å²) in [5, 5.41) is 4.13. The van der Waals surface area contributed by atoms with Crippen LogP contribution in [0, 0.1) is 0 Å². The summed E-state index contributed by atoms with van der Waals surface area (Å²) in [6.45, 7) is 1.44. The molecule has 2 unspecified atom stereocenters. The van der Waals surface area contributed by atoms with E-state index in [1.54, 1.807) is 0 Å². The number of nitrogens with two attached hydrogens (primary N) is 1. The Bertz CT molecular complexity index is 460. The van der Waals surface area contributed by atoms with Crippen LogP contribution in [0.25, 0.3) is 0 Å². The quantitative estimate of drug-likeness (QED) is 0.790. The van der Waals surface area contributed by atoms with Crippen LogP contribution in [-0.4, -0.2) is 37.9 Å². The lowest BCUT2D eigenvalue weighted by molar-refractivity contribution is 0.0947. The van der Waals surface area contributed by atoms with Crippen LogP contribution in [0.3, 0.4) is 0 Å². The molecule has 2 atom stereocenters. The zero-order chi connectivity index (χ0) is 13.1. The predicted molar refractivity (Wildman–Crippen MR) is 60.9 cm³/mol. The van der Waals surface area contributed by atoms with Crippen molar-refractivity contribution >= 4 is 10.0 Å². The van der Waals surface area contributed by atoms with Crippen molar-refractivity contribution in [3.05, 3.63) is 18.2 Å². The zero-order valence-electron chi connectivity index (χ0n) is 9.82. The Morgan fingerprint density at radius 1 is 1.29 bits per heavy atom. The van der Waals surface area contributed by atoms with Gasteiger partial charge in [-0.1, -0.05) is 0 Å². The number of aromatic nitrogens is 2. The second-order valence-electron chi connectivity index (χ2n) is 3.43. The molecule has 0 saturated heterocycles. The van der Waals surface area contributed by atoms with Crippen LogP contribution in [0.4, 0.5) is 0 Å². The fraction of sp³-hybridized carbons (Fsp3) is 0.556. The Hall–Kier alpha value is -1.25. The van der Waals surface area contributed by atoms with Crippen LogP contribution < -0.4 is 9.88 Å². The lowest BCUT2D eigenvalue weighted by Crippen LogP contribution is -2.33. The molecule has 0 bridgehead atoms. The van der Waals surface area contributed by atoms with Gasteiger partial charge in [-0.15, -0.1) is 0 Å². The van der Waals surface area contributed by atoms with E-state index in [9.17, 15) is 8.42 Å². The molecule has 0 spiro atoms. The average molecular weight is 261 g/mol. The maximum absolute atomic E-state index is 11.2. The van der Waals surface area contributed by atoms with Crippen molar-refractivity contribution in [2.24, 2.45) is 5.14 Å². The Kier molecular flexibility index (Phi) is 4.38. The highest BCUT2D eigenvalue weighted by atomic mass is 32.2. The van der Waals surface area contributed by atoms with Gasteiger partial charge in [-0.25, -0.2) is 23.5 Å². The summed E-state index contributed by atoms with van der Waals surface area (Å²) in [5.41, 5.74) is 0. The minimum absolute atomic E-state index is 0.245. The molecular weight excluding hydrogens is 246 g/mol. The smallest absolute Gasteiger partial charge is 0.214 e. The molecule has 8 heteroatoms. The number of ether oxygens (including phenoxy) is 2. The first-order chi connectivity index (χ1) is 7.90. The highest BCUT2D eigenvalue weighted by Crippen LogP contribution is 2.21. The molecule has 0 saturated carbocycles. The molecule has 1 rings (SSSR count). The van der Waals surface area contributed by atoms with E-state index in [1.807, 2.05) is 0 Å². The molecule has 1 aromatic heterocycles. The van der Waals surface area contributed by atoms with Crippen LogP contribution in [-0.2, 0) is 14.8 Å². The second-order valence-corrected chi connectivity index (χ2v) is 5.35. The summed E-state index contributed by atoms with van der Waals surface area (Å²) in [6, 6.07) is 0. The highest BCUT2D eigenvalue weighted by Gasteiger charge is 2.30. The Morgan fingerprint density at radius 2 is 1.82 bits per heavy atom. The minimum Gasteiger partial charge on any atom is -0.494 e. The van der Waals surface area contributed by atoms with E-state index in [1.165, 1.54) is 33.5 Å². The van der Waals surface area contributed by atoms with Crippen LogP contribution in [0.15, 0.2) is 12.4 Å². The number of primary sulfonamides is 1. The first kappa shape index (κ1) is 13.8. The Morgan fingerprint density at radius 3 is 2.18 bits per heavy atom. The molecule has 17 heavy (non-hydrogen) atoms. The number of hydrogen-bond acceptors (Lipinski definition) is 6. The molecule has 0 aliphatic heterocycles. The first-order valence-corrected chi connectivity index (χ1v) is 6.41. The molecule has 0 amide bonds. The van der Waals surface area contributed by atoms with Gasteiger partial charge in [0.05, 0.1) is 19.5 Å². The molecule has 1 aromatic rings. The monoisotopic (exact) mass is 261 g/mol. The van der Waals surface area contributed by atoms with Crippen molar-refractivity contribution in [1.29, 1.82) is 0 Å². The lowest BCUT2D eigenvalue weighted by Gasteiger charge is -2.19. The maximum Gasteiger partial charge on any atom is 0.214 e. The molecule has 96 valence electrons. The van der Waals surface area contributed by atoms with E-state index in [4.69, 9.17) is 14.6 Å². The summed E-state index contributed by atoms with van der Waals surface area (Å²) in [7, 11) is -0.854. The normalized spacial score (nSPS) is 15.3. The van der Waals surface area contributed by atoms with E-state index < -0.39 is 21.4 Å². The average Bonchev–Trinajstić information content (AvgIpc) is 2.29. The molecule has 0 fully saturated rings. The van der Waals surface area contributed by atoms with Gasteiger partial charge in [0.25, 0.3) is 0 Å². The molecule has 1 heterocycles. The largest absolute Gasteiger partial charge is 0.494 e. The van der Waals surface area contributed by atoms with E-state index >= 15 is 0 Å². The van der Waals surface area contributed by atoms with Gasteiger partial charge in [0.15, 0.2) is 11.6 Å². The molecule has 0 radical (unpaired) electrons. The summed E-state index contributed by atoms with van der Waals surface area (Å²) < 4.78 is 32.5. The third-order valence-corrected chi connectivity index (χ3v) is 3.62. The van der Waals surface area contributed by atoms with Crippen LogP contribution >= 0.6 is 0 Å². The van der Waals surface area contributed by atoms with E-state index in [0.29, 0.717) is 5.75 Å². The van der Waals surface area contributed by atoms with Crippen molar-refractivity contribution in [3.63, 3.8) is 0 Å². The van der Waals surface area contributed by atoms with E-state index in [2.05, 4.69) is 9.97 Å². The minimum atomic E-state index is -3.71. The number of hydrogen-bond donors (Lipinski definition) is 1. The van der Waals surface area contributed by atoms with Crippen molar-refractivity contribution in [2.75, 3.05) is 14.2 Å². The van der Waals surface area contributed by atoms with Gasteiger partial charge >= 0.3 is 0 Å². The van der Waals surface area contributed by atoms with Crippen LogP contribution in [0.5, 0.6) is 5.75 Å². The van der Waals surface area contributed by atoms with Crippen molar-refractivity contribution < 1.29 is 17.9 Å². The third kappa shape index (κ3) is 3.35. The van der Waals surface area contributed by atoms with Crippen molar-refractivity contribution in [1.82, 2.24) is 9.97 Å². The van der Waals surface area contributed by atoms with Crippen LogP contribution in [0.2, 0.25) is 0 Å². The predicted octanol–water partition coefficient (Wildman–Crippen LogP) is -0.150. The fourth-order valence-electron chi connectivity index (χ4n) is 1.26. The van der Waals surface area contributed by atoms with Crippen LogP contribution in [0.1, 0.15) is 18.9 Å². The van der Waals surface area contributed by atoms with Gasteiger partial charge in [0.2, 0.25) is 10.0 Å². The Labute approximate surface area is 100 Å².